The van der Waals surface area contributed by atoms with Gasteiger partial charge in [0.25, 0.3) is 5.69 Å². The summed E-state index contributed by atoms with van der Waals surface area (Å²) in [4.78, 5) is 34.3. The molecule has 10 heteroatoms. The Morgan fingerprint density at radius 3 is 2.59 bits per heavy atom. The first-order valence-corrected chi connectivity index (χ1v) is 9.54. The third-order valence-corrected chi connectivity index (χ3v) is 5.29. The van der Waals surface area contributed by atoms with Crippen LogP contribution in [0.15, 0.2) is 34.5 Å². The fourth-order valence-corrected chi connectivity index (χ4v) is 3.73. The zero-order valence-corrected chi connectivity index (χ0v) is 15.3. The van der Waals surface area contributed by atoms with Gasteiger partial charge in [-0.1, -0.05) is 18.2 Å². The summed E-state index contributed by atoms with van der Waals surface area (Å²) >= 11 is 1.18. The van der Waals surface area contributed by atoms with E-state index in [-0.39, 0.29) is 23.9 Å². The van der Waals surface area contributed by atoms with E-state index in [9.17, 15) is 19.7 Å². The molecule has 2 fully saturated rings. The number of nitro groups is 1. The third-order valence-electron chi connectivity index (χ3n) is 4.22. The summed E-state index contributed by atoms with van der Waals surface area (Å²) in [7, 11) is 0. The number of hydrogen-bond acceptors (Lipinski definition) is 7. The number of nitrogens with zero attached hydrogens (tertiary/aromatic N) is 3. The summed E-state index contributed by atoms with van der Waals surface area (Å²) in [6.07, 6.45) is 5.31. The van der Waals surface area contributed by atoms with E-state index in [2.05, 4.69) is 20.8 Å². The van der Waals surface area contributed by atoms with Crippen LogP contribution in [-0.4, -0.2) is 32.9 Å². The smallest absolute Gasteiger partial charge is 0.269 e. The van der Waals surface area contributed by atoms with E-state index in [1.165, 1.54) is 42.4 Å². The van der Waals surface area contributed by atoms with Crippen molar-refractivity contribution < 1.29 is 14.5 Å². The van der Waals surface area contributed by atoms with Crippen molar-refractivity contribution in [1.29, 1.82) is 0 Å². The number of nitrogens with one attached hydrogen (secondary N) is 2. The Morgan fingerprint density at radius 1 is 1.22 bits per heavy atom. The van der Waals surface area contributed by atoms with E-state index >= 15 is 0 Å². The van der Waals surface area contributed by atoms with Crippen molar-refractivity contribution >= 4 is 45.8 Å². The summed E-state index contributed by atoms with van der Waals surface area (Å²) in [6.45, 7) is 0. The van der Waals surface area contributed by atoms with Crippen molar-refractivity contribution in [3.63, 3.8) is 0 Å². The number of thioether (sulfide) groups is 1. The maximum Gasteiger partial charge on any atom is 0.269 e. The molecule has 1 saturated heterocycles. The lowest BCUT2D eigenvalue weighted by Gasteiger charge is -2.10. The monoisotopic (exact) mass is 389 g/mol. The van der Waals surface area contributed by atoms with E-state index in [1.807, 2.05) is 0 Å². The number of benzene rings is 1. The molecule has 0 aromatic heterocycles. The molecule has 1 saturated carbocycles. The number of anilines is 1. The molecule has 1 aromatic carbocycles. The molecule has 2 amide bonds. The molecule has 0 unspecified atom stereocenters. The Bertz CT molecular complexity index is 798. The highest BCUT2D eigenvalue weighted by Crippen LogP contribution is 2.24. The van der Waals surface area contributed by atoms with Crippen LogP contribution < -0.4 is 10.6 Å². The maximum atomic E-state index is 12.1. The van der Waals surface area contributed by atoms with Crippen molar-refractivity contribution in [3.8, 4) is 0 Å². The first kappa shape index (κ1) is 19.0. The molecule has 9 nitrogen and oxygen atoms in total. The molecule has 1 aromatic rings. The van der Waals surface area contributed by atoms with Crippen molar-refractivity contribution in [1.82, 2.24) is 5.32 Å². The van der Waals surface area contributed by atoms with E-state index in [0.717, 1.165) is 31.4 Å². The van der Waals surface area contributed by atoms with Gasteiger partial charge in [0.2, 0.25) is 11.8 Å². The van der Waals surface area contributed by atoms with Gasteiger partial charge in [-0.05, 0) is 37.8 Å². The molecule has 142 valence electrons. The van der Waals surface area contributed by atoms with E-state index in [4.69, 9.17) is 0 Å². The molecule has 2 N–H and O–H groups in total. The SMILES string of the molecule is O=C(C[C@H]1S/C(=N/N=C2CCCCC2)NC1=O)Nc1ccc([N+](=O)[O-])cc1. The second kappa shape index (κ2) is 8.76. The molecule has 1 aliphatic carbocycles. The second-order valence-corrected chi connectivity index (χ2v) is 7.48. The van der Waals surface area contributed by atoms with Crippen LogP contribution in [-0.2, 0) is 9.59 Å². The number of non-ortho nitro benzene ring substituents is 1. The van der Waals surface area contributed by atoms with Crippen molar-refractivity contribution in [2.75, 3.05) is 5.32 Å². The molecular formula is C17H19N5O4S. The van der Waals surface area contributed by atoms with Gasteiger partial charge >= 0.3 is 0 Å². The minimum Gasteiger partial charge on any atom is -0.326 e. The number of nitro benzene ring substituents is 1. The summed E-state index contributed by atoms with van der Waals surface area (Å²) in [6, 6.07) is 5.51. The Balaban J connectivity index is 1.53. The Hall–Kier alpha value is -2.75. The van der Waals surface area contributed by atoms with Gasteiger partial charge in [-0.3, -0.25) is 19.7 Å². The van der Waals surface area contributed by atoms with Gasteiger partial charge in [0, 0.05) is 30.0 Å². The molecule has 2 aliphatic rings. The van der Waals surface area contributed by atoms with Crippen LogP contribution in [0.5, 0.6) is 0 Å². The Morgan fingerprint density at radius 2 is 1.93 bits per heavy atom. The largest absolute Gasteiger partial charge is 0.326 e. The minimum atomic E-state index is -0.576. The van der Waals surface area contributed by atoms with E-state index in [1.54, 1.807) is 0 Å². The first-order valence-electron chi connectivity index (χ1n) is 8.66. The lowest BCUT2D eigenvalue weighted by Crippen LogP contribution is -2.28. The number of amides is 2. The van der Waals surface area contributed by atoms with Crippen LogP contribution in [0.3, 0.4) is 0 Å². The second-order valence-electron chi connectivity index (χ2n) is 6.28. The van der Waals surface area contributed by atoms with Gasteiger partial charge in [-0.15, -0.1) is 5.10 Å². The van der Waals surface area contributed by atoms with Crippen LogP contribution in [0, 0.1) is 10.1 Å². The highest BCUT2D eigenvalue weighted by Gasteiger charge is 2.32. The molecule has 0 spiro atoms. The molecule has 1 aliphatic heterocycles. The van der Waals surface area contributed by atoms with Crippen molar-refractivity contribution in [3.05, 3.63) is 34.4 Å². The number of carbonyl (C=O) groups is 2. The zero-order chi connectivity index (χ0) is 19.2. The molecule has 3 rings (SSSR count). The zero-order valence-electron chi connectivity index (χ0n) is 14.5. The van der Waals surface area contributed by atoms with Gasteiger partial charge in [-0.25, -0.2) is 0 Å². The molecule has 27 heavy (non-hydrogen) atoms. The normalized spacial score (nSPS) is 21.0. The summed E-state index contributed by atoms with van der Waals surface area (Å²) in [5.41, 5.74) is 1.42. The average Bonchev–Trinajstić information content (AvgIpc) is 3.00. The molecule has 1 heterocycles. The van der Waals surface area contributed by atoms with E-state index in [0.29, 0.717) is 10.9 Å². The van der Waals surface area contributed by atoms with Crippen LogP contribution in [0.2, 0.25) is 0 Å². The lowest BCUT2D eigenvalue weighted by molar-refractivity contribution is -0.384. The predicted molar refractivity (Wildman–Crippen MR) is 104 cm³/mol. The average molecular weight is 389 g/mol. The predicted octanol–water partition coefficient (Wildman–Crippen LogP) is 2.83. The van der Waals surface area contributed by atoms with Crippen LogP contribution >= 0.6 is 11.8 Å². The number of hydrogen-bond donors (Lipinski definition) is 2. The molecular weight excluding hydrogens is 370 g/mol. The molecule has 1 atom stereocenters. The summed E-state index contributed by atoms with van der Waals surface area (Å²) in [5.74, 6) is -0.627. The number of amidine groups is 1. The first-order chi connectivity index (χ1) is 13.0. The fourth-order valence-electron chi connectivity index (χ4n) is 2.81. The van der Waals surface area contributed by atoms with Gasteiger partial charge in [-0.2, -0.15) is 5.10 Å². The van der Waals surface area contributed by atoms with Crippen molar-refractivity contribution in [2.24, 2.45) is 10.2 Å². The molecule has 0 radical (unpaired) electrons. The van der Waals surface area contributed by atoms with Crippen molar-refractivity contribution in [2.45, 2.75) is 43.8 Å². The highest BCUT2D eigenvalue weighted by molar-refractivity contribution is 8.15. The topological polar surface area (TPSA) is 126 Å². The maximum absolute atomic E-state index is 12.1. The van der Waals surface area contributed by atoms with Gasteiger partial charge < -0.3 is 10.6 Å². The summed E-state index contributed by atoms with van der Waals surface area (Å²) in [5, 5.41) is 24.1. The number of carbonyl (C=O) groups excluding carboxylic acids is 2. The van der Waals surface area contributed by atoms with Crippen LogP contribution in [0.25, 0.3) is 0 Å². The summed E-state index contributed by atoms with van der Waals surface area (Å²) < 4.78 is 0. The standard InChI is InChI=1S/C17H19N5O4S/c23-15(18-11-6-8-13(9-7-11)22(25)26)10-14-16(24)19-17(27-14)21-20-12-4-2-1-3-5-12/h6-9,14H,1-5,10H2,(H,18,23)(H,19,21,24)/t14-/m1/s1. The number of rotatable bonds is 5. The minimum absolute atomic E-state index is 0.0247. The fraction of sp³-hybridized carbons (Fsp3) is 0.412. The quantitative estimate of drug-likeness (QED) is 0.591. The van der Waals surface area contributed by atoms with Gasteiger partial charge in [0.05, 0.1) is 4.92 Å². The van der Waals surface area contributed by atoms with Gasteiger partial charge in [0.15, 0.2) is 5.17 Å². The molecule has 0 bridgehead atoms. The van der Waals surface area contributed by atoms with Gasteiger partial charge in [0.1, 0.15) is 5.25 Å². The highest BCUT2D eigenvalue weighted by atomic mass is 32.2. The van der Waals surface area contributed by atoms with Crippen LogP contribution in [0.1, 0.15) is 38.5 Å². The Labute approximate surface area is 159 Å². The van der Waals surface area contributed by atoms with E-state index < -0.39 is 10.2 Å². The third kappa shape index (κ3) is 5.36. The lowest BCUT2D eigenvalue weighted by atomic mass is 9.99. The van der Waals surface area contributed by atoms with Crippen LogP contribution in [0.4, 0.5) is 11.4 Å². The Kier molecular flexibility index (Phi) is 6.17.